The Morgan fingerprint density at radius 1 is 1.09 bits per heavy atom. The lowest BCUT2D eigenvalue weighted by Gasteiger charge is -2.36. The first-order chi connectivity index (χ1) is 21.2. The predicted molar refractivity (Wildman–Crippen MR) is 181 cm³/mol. The lowest BCUT2D eigenvalue weighted by atomic mass is 9.70. The fourth-order valence-corrected chi connectivity index (χ4v) is 9.85. The van der Waals surface area contributed by atoms with Gasteiger partial charge in [0.2, 0.25) is 5.91 Å². The van der Waals surface area contributed by atoms with E-state index in [1.165, 1.54) is 33.5 Å². The molecule has 0 bridgehead atoms. The zero-order valence-corrected chi connectivity index (χ0v) is 28.2. The second kappa shape index (κ2) is 12.8. The van der Waals surface area contributed by atoms with E-state index >= 15 is 0 Å². The third kappa shape index (κ3) is 6.00. The summed E-state index contributed by atoms with van der Waals surface area (Å²) in [5.74, 6) is 0.0199. The molecule has 4 aromatic rings. The number of anilines is 1. The third-order valence-corrected chi connectivity index (χ3v) is 12.7. The summed E-state index contributed by atoms with van der Waals surface area (Å²) >= 11 is 4.38. The Morgan fingerprint density at radius 2 is 1.89 bits per heavy atom. The first-order valence-electron chi connectivity index (χ1n) is 15.5. The summed E-state index contributed by atoms with van der Waals surface area (Å²) in [5.41, 5.74) is 3.89. The number of esters is 1. The number of amides is 1. The van der Waals surface area contributed by atoms with Crippen LogP contribution in [0.5, 0.6) is 0 Å². The Morgan fingerprint density at radius 3 is 2.64 bits per heavy atom. The average molecular weight is 650 g/mol. The Kier molecular flexibility index (Phi) is 9.04. The number of hydrogen-bond acceptors (Lipinski definition) is 8. The Balaban J connectivity index is 1.30. The van der Waals surface area contributed by atoms with E-state index in [4.69, 9.17) is 9.72 Å². The van der Waals surface area contributed by atoms with E-state index in [0.717, 1.165) is 71.2 Å². The molecule has 3 heterocycles. The van der Waals surface area contributed by atoms with Crippen molar-refractivity contribution < 1.29 is 14.3 Å². The zero-order chi connectivity index (χ0) is 31.0. The number of fused-ring (bicyclic) bond motifs is 4. The first kappa shape index (κ1) is 31.0. The molecule has 0 saturated carbocycles. The second-order valence-electron chi connectivity index (χ2n) is 12.4. The molecule has 232 valence electrons. The quantitative estimate of drug-likeness (QED) is 0.109. The molecule has 1 atom stereocenters. The number of thiophene rings is 2. The van der Waals surface area contributed by atoms with Crippen LogP contribution in [-0.2, 0) is 41.8 Å². The monoisotopic (exact) mass is 649 g/mol. The molecule has 3 aromatic heterocycles. The molecule has 0 spiro atoms. The van der Waals surface area contributed by atoms with Gasteiger partial charge in [0.25, 0.3) is 5.56 Å². The van der Waals surface area contributed by atoms with E-state index in [0.29, 0.717) is 28.2 Å². The van der Waals surface area contributed by atoms with Gasteiger partial charge >= 0.3 is 5.97 Å². The molecule has 1 aromatic carbocycles. The minimum atomic E-state index is -0.384. The fraction of sp³-hybridized carbons (Fsp3) is 0.471. The third-order valence-electron chi connectivity index (χ3n) is 9.32. The molecule has 7 nitrogen and oxygen atoms in total. The van der Waals surface area contributed by atoms with Gasteiger partial charge in [-0.1, -0.05) is 69.3 Å². The van der Waals surface area contributed by atoms with E-state index in [9.17, 15) is 14.4 Å². The van der Waals surface area contributed by atoms with Gasteiger partial charge in [0.05, 0.1) is 29.9 Å². The molecular formula is C34H39N3O4S3. The SMILES string of the molecule is CCOC(=O)c1c(NC(=O)CSc2nc3sc4c(c3c(=O)n2Cc2ccccc2)CC[C@H](C(C)(C)CC)C4)sc2c1CCC2. The number of aryl methyl sites for hydroxylation is 2. The van der Waals surface area contributed by atoms with Crippen molar-refractivity contribution in [2.24, 2.45) is 11.3 Å². The number of benzene rings is 1. The molecule has 1 amide bonds. The first-order valence-corrected chi connectivity index (χ1v) is 18.1. The Bertz CT molecular complexity index is 1770. The van der Waals surface area contributed by atoms with E-state index in [2.05, 4.69) is 26.1 Å². The van der Waals surface area contributed by atoms with Crippen LogP contribution in [0, 0.1) is 11.3 Å². The summed E-state index contributed by atoms with van der Waals surface area (Å²) in [6.45, 7) is 9.40. The maximum absolute atomic E-state index is 14.2. The number of thioether (sulfide) groups is 1. The lowest BCUT2D eigenvalue weighted by molar-refractivity contribution is -0.113. The van der Waals surface area contributed by atoms with Crippen LogP contribution in [0.2, 0.25) is 0 Å². The molecule has 10 heteroatoms. The average Bonchev–Trinajstić information content (AvgIpc) is 3.70. The molecule has 6 rings (SSSR count). The van der Waals surface area contributed by atoms with E-state index < -0.39 is 0 Å². The molecular weight excluding hydrogens is 611 g/mol. The number of hydrogen-bond donors (Lipinski definition) is 1. The maximum Gasteiger partial charge on any atom is 0.341 e. The largest absolute Gasteiger partial charge is 0.462 e. The summed E-state index contributed by atoms with van der Waals surface area (Å²) in [6, 6.07) is 9.90. The van der Waals surface area contributed by atoms with Crippen LogP contribution < -0.4 is 10.9 Å². The van der Waals surface area contributed by atoms with Gasteiger partial charge in [0.1, 0.15) is 9.83 Å². The molecule has 44 heavy (non-hydrogen) atoms. The predicted octanol–water partition coefficient (Wildman–Crippen LogP) is 7.51. The molecule has 0 fully saturated rings. The maximum atomic E-state index is 14.2. The van der Waals surface area contributed by atoms with E-state index in [-0.39, 0.29) is 35.2 Å². The standard InChI is InChI=1S/C34H39N3O4S3/c1-5-34(3,4)21-15-16-23-25(17-21)44-29-27(23)31(39)37(18-20-11-8-7-9-12-20)33(36-29)42-19-26(38)35-30-28(32(40)41-6-2)22-13-10-14-24(22)43-30/h7-9,11-12,21H,5-6,10,13-19H2,1-4H3,(H,35,38)/t21-/m0/s1. The normalized spacial score (nSPS) is 16.1. The van der Waals surface area contributed by atoms with Crippen molar-refractivity contribution in [3.05, 3.63) is 72.7 Å². The number of ether oxygens (including phenoxy) is 1. The highest BCUT2D eigenvalue weighted by Gasteiger charge is 2.34. The molecule has 0 unspecified atom stereocenters. The number of nitrogens with zero attached hydrogens (tertiary/aromatic N) is 2. The lowest BCUT2D eigenvalue weighted by Crippen LogP contribution is -2.29. The highest BCUT2D eigenvalue weighted by Crippen LogP contribution is 2.44. The molecule has 2 aliphatic rings. The van der Waals surface area contributed by atoms with Gasteiger partial charge in [-0.2, -0.15) is 0 Å². The van der Waals surface area contributed by atoms with E-state index in [1.807, 2.05) is 30.3 Å². The highest BCUT2D eigenvalue weighted by atomic mass is 32.2. The van der Waals surface area contributed by atoms with Crippen molar-refractivity contribution >= 4 is 61.5 Å². The van der Waals surface area contributed by atoms with Crippen LogP contribution in [0.1, 0.15) is 83.8 Å². The minimum absolute atomic E-state index is 0.0354. The Hall–Kier alpha value is -2.95. The van der Waals surface area contributed by atoms with E-state index in [1.54, 1.807) is 22.8 Å². The molecule has 0 saturated heterocycles. The van der Waals surface area contributed by atoms with Crippen molar-refractivity contribution in [1.82, 2.24) is 9.55 Å². The van der Waals surface area contributed by atoms with Gasteiger partial charge in [0.15, 0.2) is 5.16 Å². The number of nitrogens with one attached hydrogen (secondary N) is 1. The number of aromatic nitrogens is 2. The summed E-state index contributed by atoms with van der Waals surface area (Å²) in [6.07, 6.45) is 6.82. The van der Waals surface area contributed by atoms with Crippen LogP contribution >= 0.6 is 34.4 Å². The summed E-state index contributed by atoms with van der Waals surface area (Å²) in [5, 5.41) is 4.81. The van der Waals surface area contributed by atoms with Crippen LogP contribution in [0.3, 0.4) is 0 Å². The smallest absolute Gasteiger partial charge is 0.341 e. The van der Waals surface area contributed by atoms with Crippen molar-refractivity contribution in [3.63, 3.8) is 0 Å². The Labute approximate surface area is 270 Å². The van der Waals surface area contributed by atoms with Crippen LogP contribution in [0.15, 0.2) is 40.3 Å². The number of carbonyl (C=O) groups excluding carboxylic acids is 2. The second-order valence-corrected chi connectivity index (χ2v) is 15.5. The summed E-state index contributed by atoms with van der Waals surface area (Å²) in [7, 11) is 0. The molecule has 1 N–H and O–H groups in total. The van der Waals surface area contributed by atoms with Crippen molar-refractivity contribution in [1.29, 1.82) is 0 Å². The van der Waals surface area contributed by atoms with Gasteiger partial charge in [-0.05, 0) is 73.5 Å². The van der Waals surface area contributed by atoms with Crippen molar-refractivity contribution in [3.8, 4) is 0 Å². The van der Waals surface area contributed by atoms with Gasteiger partial charge < -0.3 is 10.1 Å². The minimum Gasteiger partial charge on any atom is -0.462 e. The van der Waals surface area contributed by atoms with Crippen LogP contribution in [-0.4, -0.2) is 33.8 Å². The van der Waals surface area contributed by atoms with Gasteiger partial charge in [-0.3, -0.25) is 14.2 Å². The molecule has 0 radical (unpaired) electrons. The molecule has 2 aliphatic carbocycles. The van der Waals surface area contributed by atoms with Gasteiger partial charge in [0, 0.05) is 9.75 Å². The van der Waals surface area contributed by atoms with Gasteiger partial charge in [-0.15, -0.1) is 22.7 Å². The van der Waals surface area contributed by atoms with Crippen LogP contribution in [0.25, 0.3) is 10.2 Å². The summed E-state index contributed by atoms with van der Waals surface area (Å²) < 4.78 is 7.05. The molecule has 0 aliphatic heterocycles. The highest BCUT2D eigenvalue weighted by molar-refractivity contribution is 7.99. The summed E-state index contributed by atoms with van der Waals surface area (Å²) in [4.78, 5) is 48.5. The zero-order valence-electron chi connectivity index (χ0n) is 25.8. The number of rotatable bonds is 10. The van der Waals surface area contributed by atoms with Gasteiger partial charge in [-0.25, -0.2) is 9.78 Å². The van der Waals surface area contributed by atoms with Crippen molar-refractivity contribution in [2.75, 3.05) is 17.7 Å². The number of carbonyl (C=O) groups is 2. The van der Waals surface area contributed by atoms with Crippen molar-refractivity contribution in [2.45, 2.75) is 84.3 Å². The topological polar surface area (TPSA) is 90.3 Å². The fourth-order valence-electron chi connectivity index (χ4n) is 6.42. The van der Waals surface area contributed by atoms with Crippen LogP contribution in [0.4, 0.5) is 5.00 Å².